The molecule has 0 atom stereocenters. The lowest BCUT2D eigenvalue weighted by molar-refractivity contribution is 0.671. The molecule has 0 aromatic carbocycles. The summed E-state index contributed by atoms with van der Waals surface area (Å²) in [6.07, 6.45) is 0. The van der Waals surface area contributed by atoms with Crippen LogP contribution in [0.25, 0.3) is 0 Å². The molecule has 7 heavy (non-hydrogen) atoms. The first kappa shape index (κ1) is 6.60. The fourth-order valence-corrected chi connectivity index (χ4v) is 0.270. The molecule has 2 heteroatoms. The van der Waals surface area contributed by atoms with Crippen molar-refractivity contribution in [3.8, 4) is 0 Å². The summed E-state index contributed by atoms with van der Waals surface area (Å²) in [6, 6.07) is 0. The van der Waals surface area contributed by atoms with Gasteiger partial charge in [0, 0.05) is 0 Å². The fraction of sp³-hybridized carbons (Fsp3) is 0.600. The van der Waals surface area contributed by atoms with Crippen molar-refractivity contribution in [3.63, 3.8) is 0 Å². The Morgan fingerprint density at radius 3 is 2.14 bits per heavy atom. The van der Waals surface area contributed by atoms with Crippen molar-refractivity contribution in [1.82, 2.24) is 4.81 Å². The third kappa shape index (κ3) is 2.32. The van der Waals surface area contributed by atoms with Gasteiger partial charge in [0.15, 0.2) is 0 Å². The Kier molecular flexibility index (Phi) is 2.57. The first-order valence-corrected chi connectivity index (χ1v) is 2.55. The molecule has 0 fully saturated rings. The minimum atomic E-state index is 1.05. The lowest BCUT2D eigenvalue weighted by Crippen LogP contribution is -2.16. The van der Waals surface area contributed by atoms with E-state index in [0.29, 0.717) is 0 Å². The van der Waals surface area contributed by atoms with E-state index in [4.69, 9.17) is 0 Å². The van der Waals surface area contributed by atoms with Gasteiger partial charge in [-0.25, -0.2) is 0 Å². The van der Waals surface area contributed by atoms with Crippen LogP contribution in [0.1, 0.15) is 6.92 Å². The number of rotatable bonds is 2. The summed E-state index contributed by atoms with van der Waals surface area (Å²) < 4.78 is 0. The summed E-state index contributed by atoms with van der Waals surface area (Å²) in [7, 11) is 3.08. The molecule has 0 unspecified atom stereocenters. The minimum absolute atomic E-state index is 1.05. The van der Waals surface area contributed by atoms with Crippen molar-refractivity contribution < 1.29 is 0 Å². The van der Waals surface area contributed by atoms with Crippen LogP contribution in [0.5, 0.6) is 0 Å². The Balaban J connectivity index is 3.34. The monoisotopic (exact) mass is 97.1 g/mol. The van der Waals surface area contributed by atoms with Gasteiger partial charge in [-0.05, 0) is 19.7 Å². The van der Waals surface area contributed by atoms with Gasteiger partial charge in [-0.1, -0.05) is 13.4 Å². The predicted molar refractivity (Wildman–Crippen MR) is 35.6 cm³/mol. The van der Waals surface area contributed by atoms with Crippen molar-refractivity contribution >= 4 is 7.41 Å². The van der Waals surface area contributed by atoms with Gasteiger partial charge in [0.25, 0.3) is 0 Å². The Hall–Kier alpha value is -0.395. The fourth-order valence-electron chi connectivity index (χ4n) is 0.270. The van der Waals surface area contributed by atoms with Gasteiger partial charge in [0.2, 0.25) is 7.41 Å². The zero-order valence-corrected chi connectivity index (χ0v) is 5.36. The van der Waals surface area contributed by atoms with Crippen molar-refractivity contribution in [1.29, 1.82) is 0 Å². The Morgan fingerprint density at radius 1 is 1.71 bits per heavy atom. The van der Waals surface area contributed by atoms with Crippen LogP contribution >= 0.6 is 0 Å². The number of hydrogen-bond acceptors (Lipinski definition) is 1. The molecule has 0 heterocycles. The van der Waals surface area contributed by atoms with E-state index < -0.39 is 0 Å². The van der Waals surface area contributed by atoms with E-state index in [1.807, 2.05) is 14.0 Å². The highest BCUT2D eigenvalue weighted by atomic mass is 15.0. The summed E-state index contributed by atoms with van der Waals surface area (Å²) in [4.78, 5) is 2.10. The van der Waals surface area contributed by atoms with Crippen LogP contribution in [0.2, 0.25) is 6.82 Å². The van der Waals surface area contributed by atoms with Gasteiger partial charge < -0.3 is 4.81 Å². The highest BCUT2D eigenvalue weighted by molar-refractivity contribution is 6.30. The molecule has 0 bridgehead atoms. The molecule has 0 N–H and O–H groups in total. The normalized spacial score (nSPS) is 7.86. The molecule has 0 aromatic heterocycles. The number of nitrogens with zero attached hydrogens (tertiary/aromatic N) is 1. The largest absolute Gasteiger partial charge is 0.425 e. The third-order valence-corrected chi connectivity index (χ3v) is 1.13. The molecule has 0 aliphatic rings. The van der Waals surface area contributed by atoms with Gasteiger partial charge in [-0.15, -0.1) is 0 Å². The summed E-state index contributed by atoms with van der Waals surface area (Å²) >= 11 is 0. The van der Waals surface area contributed by atoms with Gasteiger partial charge >= 0.3 is 0 Å². The average Bonchev–Trinajstić information content (AvgIpc) is 1.65. The zero-order valence-electron chi connectivity index (χ0n) is 5.36. The van der Waals surface area contributed by atoms with Crippen LogP contribution in [0.4, 0.5) is 0 Å². The van der Waals surface area contributed by atoms with Gasteiger partial charge in [-0.3, -0.25) is 0 Å². The summed E-state index contributed by atoms with van der Waals surface area (Å²) in [6.45, 7) is 7.86. The molecule has 0 aliphatic carbocycles. The first-order chi connectivity index (χ1) is 3.18. The predicted octanol–water partition coefficient (Wildman–Crippen LogP) is 0.851. The number of allylic oxidation sites excluding steroid dienone is 1. The number of hydrogen-bond donors (Lipinski definition) is 0. The maximum absolute atomic E-state index is 3.75. The van der Waals surface area contributed by atoms with Crippen LogP contribution < -0.4 is 0 Å². The molecular formula is C5H12BN. The Bertz CT molecular complexity index is 70.5. The summed E-state index contributed by atoms with van der Waals surface area (Å²) in [5.74, 6) is 0. The molecule has 40 valence electrons. The smallest absolute Gasteiger partial charge is 0.232 e. The molecule has 0 radical (unpaired) electrons. The van der Waals surface area contributed by atoms with E-state index in [1.54, 1.807) is 0 Å². The summed E-state index contributed by atoms with van der Waals surface area (Å²) in [5, 5.41) is 0. The molecule has 0 amide bonds. The molecule has 0 aliphatic heterocycles. The van der Waals surface area contributed by atoms with Crippen LogP contribution in [-0.2, 0) is 0 Å². The van der Waals surface area contributed by atoms with Crippen LogP contribution in [0.3, 0.4) is 0 Å². The van der Waals surface area contributed by atoms with E-state index in [1.165, 1.54) is 0 Å². The van der Waals surface area contributed by atoms with E-state index in [-0.39, 0.29) is 0 Å². The summed E-state index contributed by atoms with van der Waals surface area (Å²) in [5.41, 5.74) is 1.13. The topological polar surface area (TPSA) is 3.24 Å². The van der Waals surface area contributed by atoms with Crippen molar-refractivity contribution in [2.45, 2.75) is 13.7 Å². The lowest BCUT2D eigenvalue weighted by atomic mass is 9.97. The minimum Gasteiger partial charge on any atom is -0.425 e. The van der Waals surface area contributed by atoms with Crippen molar-refractivity contribution in [2.24, 2.45) is 0 Å². The molecule has 0 rings (SSSR count). The highest BCUT2D eigenvalue weighted by Gasteiger charge is 1.88. The van der Waals surface area contributed by atoms with E-state index in [2.05, 4.69) is 18.2 Å². The zero-order chi connectivity index (χ0) is 5.86. The van der Waals surface area contributed by atoms with Crippen molar-refractivity contribution in [2.75, 3.05) is 7.05 Å². The second kappa shape index (κ2) is 2.72. The van der Waals surface area contributed by atoms with Gasteiger partial charge in [-0.2, -0.15) is 0 Å². The maximum atomic E-state index is 3.75. The molecular weight excluding hydrogens is 84.9 g/mol. The average molecular weight is 97.0 g/mol. The SMILES string of the molecule is C=C(C)N(C)BC. The van der Waals surface area contributed by atoms with E-state index >= 15 is 0 Å². The second-order valence-corrected chi connectivity index (χ2v) is 1.75. The molecule has 0 spiro atoms. The van der Waals surface area contributed by atoms with Crippen LogP contribution in [0.15, 0.2) is 12.3 Å². The molecule has 1 nitrogen and oxygen atoms in total. The maximum Gasteiger partial charge on any atom is 0.232 e. The quantitative estimate of drug-likeness (QED) is 0.461. The molecule has 0 aromatic rings. The highest BCUT2D eigenvalue weighted by Crippen LogP contribution is 1.90. The Morgan fingerprint density at radius 2 is 2.14 bits per heavy atom. The third-order valence-electron chi connectivity index (χ3n) is 1.13. The second-order valence-electron chi connectivity index (χ2n) is 1.75. The van der Waals surface area contributed by atoms with E-state index in [9.17, 15) is 0 Å². The van der Waals surface area contributed by atoms with Crippen LogP contribution in [-0.4, -0.2) is 19.3 Å². The standard InChI is InChI=1S/C5H12BN/c1-5(2)7(4)6-3/h6H,1H2,2-4H3. The lowest BCUT2D eigenvalue weighted by Gasteiger charge is -2.13. The van der Waals surface area contributed by atoms with E-state index in [0.717, 1.165) is 13.1 Å². The van der Waals surface area contributed by atoms with Crippen LogP contribution in [0, 0.1) is 0 Å². The van der Waals surface area contributed by atoms with Crippen molar-refractivity contribution in [3.05, 3.63) is 12.3 Å². The Labute approximate surface area is 46.3 Å². The molecule has 0 saturated carbocycles. The molecule has 0 saturated heterocycles. The first-order valence-electron chi connectivity index (χ1n) is 2.55. The van der Waals surface area contributed by atoms with Gasteiger partial charge in [0.1, 0.15) is 0 Å². The van der Waals surface area contributed by atoms with Gasteiger partial charge in [0.05, 0.1) is 0 Å².